The summed E-state index contributed by atoms with van der Waals surface area (Å²) in [5.41, 5.74) is 6.77. The molecule has 2 nitrogen and oxygen atoms in total. The van der Waals surface area contributed by atoms with Crippen LogP contribution in [0, 0.1) is 0 Å². The number of halogens is 1. The van der Waals surface area contributed by atoms with E-state index in [1.807, 2.05) is 24.3 Å². The highest BCUT2D eigenvalue weighted by Crippen LogP contribution is 2.15. The van der Waals surface area contributed by atoms with Crippen molar-refractivity contribution in [3.05, 3.63) is 34.3 Å². The Bertz CT molecular complexity index is 294. The van der Waals surface area contributed by atoms with Crippen LogP contribution >= 0.6 is 15.9 Å². The van der Waals surface area contributed by atoms with E-state index in [2.05, 4.69) is 20.9 Å². The van der Waals surface area contributed by atoms with Gasteiger partial charge in [0.25, 0.3) is 0 Å². The minimum Gasteiger partial charge on any atom is -0.387 e. The highest BCUT2D eigenvalue weighted by Gasteiger charge is 1.99. The highest BCUT2D eigenvalue weighted by molar-refractivity contribution is 9.10. The zero-order chi connectivity index (χ0) is 8.97. The molecule has 0 saturated heterocycles. The summed E-state index contributed by atoms with van der Waals surface area (Å²) in [6.07, 6.45) is 0.706. The summed E-state index contributed by atoms with van der Waals surface area (Å²) in [7, 11) is 1.70. The number of nitrogens with two attached hydrogens (primary N) is 1. The Morgan fingerprint density at radius 1 is 1.50 bits per heavy atom. The molecule has 0 saturated carbocycles. The van der Waals surface area contributed by atoms with Gasteiger partial charge in [0.2, 0.25) is 0 Å². The van der Waals surface area contributed by atoms with Crippen molar-refractivity contribution in [1.29, 1.82) is 0 Å². The Kier molecular flexibility index (Phi) is 3.29. The smallest absolute Gasteiger partial charge is 0.0978 e. The van der Waals surface area contributed by atoms with Crippen LogP contribution in [0.15, 0.2) is 33.7 Å². The summed E-state index contributed by atoms with van der Waals surface area (Å²) in [6, 6.07) is 8.00. The van der Waals surface area contributed by atoms with Gasteiger partial charge in [-0.15, -0.1) is 0 Å². The molecule has 0 aromatic heterocycles. The van der Waals surface area contributed by atoms with E-state index < -0.39 is 0 Å². The van der Waals surface area contributed by atoms with Gasteiger partial charge in [-0.25, -0.2) is 0 Å². The van der Waals surface area contributed by atoms with Crippen molar-refractivity contribution in [2.24, 2.45) is 10.7 Å². The first-order chi connectivity index (χ1) is 5.74. The summed E-state index contributed by atoms with van der Waals surface area (Å²) in [5.74, 6) is 0.655. The van der Waals surface area contributed by atoms with E-state index in [1.165, 1.54) is 5.56 Å². The average molecular weight is 227 g/mol. The molecule has 0 bridgehead atoms. The minimum absolute atomic E-state index is 0.655. The summed E-state index contributed by atoms with van der Waals surface area (Å²) >= 11 is 3.44. The lowest BCUT2D eigenvalue weighted by atomic mass is 10.1. The molecular weight excluding hydrogens is 216 g/mol. The van der Waals surface area contributed by atoms with E-state index in [0.717, 1.165) is 4.47 Å². The second kappa shape index (κ2) is 4.26. The van der Waals surface area contributed by atoms with Crippen molar-refractivity contribution in [1.82, 2.24) is 0 Å². The van der Waals surface area contributed by atoms with Crippen molar-refractivity contribution in [2.45, 2.75) is 6.42 Å². The van der Waals surface area contributed by atoms with Crippen LogP contribution in [0.1, 0.15) is 5.56 Å². The molecule has 0 heterocycles. The molecule has 1 aromatic carbocycles. The van der Waals surface area contributed by atoms with Crippen LogP contribution in [0.5, 0.6) is 0 Å². The number of amidine groups is 1. The lowest BCUT2D eigenvalue weighted by Crippen LogP contribution is -2.14. The Labute approximate surface area is 80.6 Å². The van der Waals surface area contributed by atoms with E-state index in [-0.39, 0.29) is 0 Å². The molecule has 0 aliphatic carbocycles. The normalized spacial score (nSPS) is 11.7. The molecule has 1 aromatic rings. The van der Waals surface area contributed by atoms with Crippen LogP contribution < -0.4 is 5.73 Å². The summed E-state index contributed by atoms with van der Waals surface area (Å²) in [4.78, 5) is 3.90. The van der Waals surface area contributed by atoms with Crippen molar-refractivity contribution in [3.63, 3.8) is 0 Å². The first-order valence-corrected chi connectivity index (χ1v) is 4.48. The van der Waals surface area contributed by atoms with Gasteiger partial charge in [0, 0.05) is 17.9 Å². The van der Waals surface area contributed by atoms with Gasteiger partial charge < -0.3 is 5.73 Å². The van der Waals surface area contributed by atoms with Crippen molar-refractivity contribution >= 4 is 21.8 Å². The monoisotopic (exact) mass is 226 g/mol. The summed E-state index contributed by atoms with van der Waals surface area (Å²) < 4.78 is 1.08. The third-order valence-electron chi connectivity index (χ3n) is 1.62. The molecule has 3 heteroatoms. The predicted molar refractivity (Wildman–Crippen MR) is 55.4 cm³/mol. The zero-order valence-corrected chi connectivity index (χ0v) is 8.51. The van der Waals surface area contributed by atoms with Crippen LogP contribution in [0.4, 0.5) is 0 Å². The maximum Gasteiger partial charge on any atom is 0.0978 e. The fourth-order valence-electron chi connectivity index (χ4n) is 0.916. The molecule has 0 fully saturated rings. The van der Waals surface area contributed by atoms with Crippen molar-refractivity contribution in [2.75, 3.05) is 7.05 Å². The van der Waals surface area contributed by atoms with Crippen LogP contribution in [-0.2, 0) is 6.42 Å². The predicted octanol–water partition coefficient (Wildman–Crippen LogP) is 1.98. The molecular formula is C9H11BrN2. The van der Waals surface area contributed by atoms with E-state index >= 15 is 0 Å². The number of benzene rings is 1. The lowest BCUT2D eigenvalue weighted by molar-refractivity contribution is 1.23. The Balaban J connectivity index is 2.82. The van der Waals surface area contributed by atoms with Gasteiger partial charge in [0.15, 0.2) is 0 Å². The molecule has 0 aliphatic heterocycles. The third kappa shape index (κ3) is 2.34. The van der Waals surface area contributed by atoms with Crippen LogP contribution in [0.3, 0.4) is 0 Å². The van der Waals surface area contributed by atoms with E-state index in [1.54, 1.807) is 7.05 Å². The molecule has 0 unspecified atom stereocenters. The zero-order valence-electron chi connectivity index (χ0n) is 6.92. The maximum absolute atomic E-state index is 5.60. The van der Waals surface area contributed by atoms with E-state index in [4.69, 9.17) is 5.73 Å². The van der Waals surface area contributed by atoms with Crippen molar-refractivity contribution in [3.8, 4) is 0 Å². The Morgan fingerprint density at radius 2 is 2.17 bits per heavy atom. The van der Waals surface area contributed by atoms with Crippen LogP contribution in [-0.4, -0.2) is 12.9 Å². The molecule has 0 atom stereocenters. The Morgan fingerprint density at radius 3 is 2.75 bits per heavy atom. The molecule has 1 rings (SSSR count). The van der Waals surface area contributed by atoms with E-state index in [9.17, 15) is 0 Å². The Hall–Kier alpha value is -0.830. The van der Waals surface area contributed by atoms with Crippen LogP contribution in [0.2, 0.25) is 0 Å². The van der Waals surface area contributed by atoms with Gasteiger partial charge in [0.05, 0.1) is 5.84 Å². The van der Waals surface area contributed by atoms with Crippen molar-refractivity contribution < 1.29 is 0 Å². The van der Waals surface area contributed by atoms with Gasteiger partial charge in [-0.05, 0) is 11.6 Å². The number of rotatable bonds is 2. The first kappa shape index (κ1) is 9.26. The number of hydrogen-bond acceptors (Lipinski definition) is 1. The number of hydrogen-bond donors (Lipinski definition) is 1. The van der Waals surface area contributed by atoms with Gasteiger partial charge in [-0.3, -0.25) is 4.99 Å². The first-order valence-electron chi connectivity index (χ1n) is 3.68. The van der Waals surface area contributed by atoms with Gasteiger partial charge >= 0.3 is 0 Å². The molecule has 64 valence electrons. The maximum atomic E-state index is 5.60. The molecule has 2 N–H and O–H groups in total. The third-order valence-corrected chi connectivity index (χ3v) is 2.39. The summed E-state index contributed by atoms with van der Waals surface area (Å²) in [6.45, 7) is 0. The van der Waals surface area contributed by atoms with Crippen LogP contribution in [0.25, 0.3) is 0 Å². The molecule has 12 heavy (non-hydrogen) atoms. The number of aliphatic imine (C=N–C) groups is 1. The molecule has 0 amide bonds. The topological polar surface area (TPSA) is 38.4 Å². The molecule has 0 spiro atoms. The largest absolute Gasteiger partial charge is 0.387 e. The summed E-state index contributed by atoms with van der Waals surface area (Å²) in [5, 5.41) is 0. The number of nitrogens with zero attached hydrogens (tertiary/aromatic N) is 1. The SMILES string of the molecule is CN=C(N)Cc1ccccc1Br. The highest BCUT2D eigenvalue weighted by atomic mass is 79.9. The van der Waals surface area contributed by atoms with E-state index in [0.29, 0.717) is 12.3 Å². The lowest BCUT2D eigenvalue weighted by Gasteiger charge is -2.02. The van der Waals surface area contributed by atoms with Gasteiger partial charge in [-0.2, -0.15) is 0 Å². The van der Waals surface area contributed by atoms with Gasteiger partial charge in [-0.1, -0.05) is 34.1 Å². The minimum atomic E-state index is 0.655. The quantitative estimate of drug-likeness (QED) is 0.608. The van der Waals surface area contributed by atoms with Gasteiger partial charge in [0.1, 0.15) is 0 Å². The second-order valence-electron chi connectivity index (χ2n) is 2.48. The average Bonchev–Trinajstić information content (AvgIpc) is 2.09. The fraction of sp³-hybridized carbons (Fsp3) is 0.222. The fourth-order valence-corrected chi connectivity index (χ4v) is 1.34. The standard InChI is InChI=1S/C9H11BrN2/c1-12-9(11)6-7-4-2-3-5-8(7)10/h2-5H,6H2,1H3,(H2,11,12). The molecule has 0 radical (unpaired) electrons. The second-order valence-corrected chi connectivity index (χ2v) is 3.34. The molecule has 0 aliphatic rings.